The summed E-state index contributed by atoms with van der Waals surface area (Å²) in [5, 5.41) is 22.0. The number of nitrogens with one attached hydrogen (secondary N) is 6. The number of piperidine rings is 3. The molecule has 8 atom stereocenters. The summed E-state index contributed by atoms with van der Waals surface area (Å²) < 4.78 is 0. The molecule has 200 valence electrons. The number of likely N-dealkylation sites (tertiary alicyclic amines) is 1. The Bertz CT molecular complexity index is 666. The highest BCUT2D eigenvalue weighted by Crippen LogP contribution is 2.27. The Labute approximate surface area is 212 Å². The van der Waals surface area contributed by atoms with E-state index in [0.717, 1.165) is 51.4 Å². The molecule has 35 heavy (non-hydrogen) atoms. The van der Waals surface area contributed by atoms with Crippen molar-refractivity contribution in [3.63, 3.8) is 0 Å². The van der Waals surface area contributed by atoms with Crippen LogP contribution in [0.4, 0.5) is 0 Å². The first-order valence-electron chi connectivity index (χ1n) is 14.9. The molecule has 5 fully saturated rings. The SMILES string of the molecule is CC1CCC(NC(=O)C2CNCC(N3CCCCC3)C2)CC1NC1NCCC(C2CCCNC2)N1. The Morgan fingerprint density at radius 3 is 2.60 bits per heavy atom. The zero-order chi connectivity index (χ0) is 24.0. The third-order valence-corrected chi connectivity index (χ3v) is 9.62. The number of hydrogen-bond acceptors (Lipinski definition) is 7. The highest BCUT2D eigenvalue weighted by atomic mass is 16.2. The van der Waals surface area contributed by atoms with Gasteiger partial charge in [0.05, 0.1) is 5.92 Å². The molecule has 8 heteroatoms. The van der Waals surface area contributed by atoms with Crippen LogP contribution in [0.3, 0.4) is 0 Å². The second kappa shape index (κ2) is 12.7. The minimum atomic E-state index is 0.105. The Kier molecular flexibility index (Phi) is 9.35. The lowest BCUT2D eigenvalue weighted by molar-refractivity contribution is -0.127. The smallest absolute Gasteiger partial charge is 0.224 e. The molecule has 0 aromatic rings. The minimum Gasteiger partial charge on any atom is -0.353 e. The van der Waals surface area contributed by atoms with Gasteiger partial charge in [-0.15, -0.1) is 0 Å². The zero-order valence-corrected chi connectivity index (χ0v) is 22.0. The second-order valence-corrected chi connectivity index (χ2v) is 12.2. The van der Waals surface area contributed by atoms with Crippen molar-refractivity contribution in [1.82, 2.24) is 36.8 Å². The van der Waals surface area contributed by atoms with E-state index in [1.807, 2.05) is 0 Å². The van der Waals surface area contributed by atoms with E-state index in [1.165, 1.54) is 64.6 Å². The van der Waals surface area contributed by atoms with Crippen LogP contribution in [0, 0.1) is 17.8 Å². The summed E-state index contributed by atoms with van der Waals surface area (Å²) in [4.78, 5) is 15.9. The van der Waals surface area contributed by atoms with Gasteiger partial charge >= 0.3 is 0 Å². The highest BCUT2D eigenvalue weighted by molar-refractivity contribution is 5.79. The lowest BCUT2D eigenvalue weighted by Gasteiger charge is -2.43. The maximum atomic E-state index is 13.3. The molecule has 0 bridgehead atoms. The van der Waals surface area contributed by atoms with E-state index in [2.05, 4.69) is 43.7 Å². The summed E-state index contributed by atoms with van der Waals surface area (Å²) in [5.74, 6) is 1.75. The van der Waals surface area contributed by atoms with Crippen LogP contribution in [-0.4, -0.2) is 87.1 Å². The fourth-order valence-electron chi connectivity index (χ4n) is 7.34. The molecule has 8 nitrogen and oxygen atoms in total. The van der Waals surface area contributed by atoms with Gasteiger partial charge in [-0.1, -0.05) is 13.3 Å². The van der Waals surface area contributed by atoms with Crippen molar-refractivity contribution >= 4 is 5.91 Å². The Hall–Kier alpha value is -0.770. The molecule has 1 aliphatic carbocycles. The molecule has 0 radical (unpaired) electrons. The predicted molar refractivity (Wildman–Crippen MR) is 141 cm³/mol. The van der Waals surface area contributed by atoms with E-state index in [-0.39, 0.29) is 24.2 Å². The molecule has 5 rings (SSSR count). The van der Waals surface area contributed by atoms with Crippen molar-refractivity contribution in [1.29, 1.82) is 0 Å². The average Bonchev–Trinajstić information content (AvgIpc) is 2.92. The van der Waals surface area contributed by atoms with Gasteiger partial charge in [-0.05, 0) is 102 Å². The molecule has 1 saturated carbocycles. The van der Waals surface area contributed by atoms with Crippen molar-refractivity contribution in [2.24, 2.45) is 17.8 Å². The summed E-state index contributed by atoms with van der Waals surface area (Å²) >= 11 is 0. The zero-order valence-electron chi connectivity index (χ0n) is 22.0. The largest absolute Gasteiger partial charge is 0.353 e. The molecule has 1 amide bonds. The van der Waals surface area contributed by atoms with Gasteiger partial charge < -0.3 is 16.0 Å². The van der Waals surface area contributed by atoms with Gasteiger partial charge in [0.2, 0.25) is 5.91 Å². The summed E-state index contributed by atoms with van der Waals surface area (Å²) in [6, 6.07) is 1.82. The van der Waals surface area contributed by atoms with E-state index in [1.54, 1.807) is 0 Å². The standard InChI is InChI=1S/C27H51N7O/c1-19-7-8-22(31-26(35)21-14-23(18-29-17-21)34-12-3-2-4-13-34)15-25(19)33-27-30-11-9-24(32-27)20-6-5-10-28-16-20/h19-25,27-30,32-33H,2-18H2,1H3,(H,31,35). The number of nitrogens with zero attached hydrogens (tertiary/aromatic N) is 1. The van der Waals surface area contributed by atoms with Crippen LogP contribution in [-0.2, 0) is 4.79 Å². The van der Waals surface area contributed by atoms with Gasteiger partial charge in [0, 0.05) is 37.3 Å². The average molecular weight is 490 g/mol. The van der Waals surface area contributed by atoms with Crippen LogP contribution in [0.5, 0.6) is 0 Å². The summed E-state index contributed by atoms with van der Waals surface area (Å²) in [5.41, 5.74) is 0. The number of hydrogen-bond donors (Lipinski definition) is 6. The summed E-state index contributed by atoms with van der Waals surface area (Å²) in [6.45, 7) is 10.0. The topological polar surface area (TPSA) is 92.5 Å². The third-order valence-electron chi connectivity index (χ3n) is 9.62. The molecule has 5 aliphatic rings. The molecule has 0 spiro atoms. The molecular formula is C27H51N7O. The minimum absolute atomic E-state index is 0.105. The van der Waals surface area contributed by atoms with E-state index in [4.69, 9.17) is 0 Å². The van der Waals surface area contributed by atoms with Crippen LogP contribution >= 0.6 is 0 Å². The van der Waals surface area contributed by atoms with Gasteiger partial charge in [-0.2, -0.15) is 0 Å². The first-order valence-corrected chi connectivity index (χ1v) is 14.9. The van der Waals surface area contributed by atoms with Crippen LogP contribution < -0.4 is 31.9 Å². The number of rotatable bonds is 6. The van der Waals surface area contributed by atoms with E-state index >= 15 is 0 Å². The first-order chi connectivity index (χ1) is 17.2. The normalized spacial score (nSPS) is 41.9. The molecule has 8 unspecified atom stereocenters. The van der Waals surface area contributed by atoms with Crippen LogP contribution in [0.25, 0.3) is 0 Å². The van der Waals surface area contributed by atoms with Crippen LogP contribution in [0.1, 0.15) is 71.1 Å². The van der Waals surface area contributed by atoms with Gasteiger partial charge in [0.25, 0.3) is 0 Å². The molecule has 4 aliphatic heterocycles. The van der Waals surface area contributed by atoms with Crippen molar-refractivity contribution < 1.29 is 4.79 Å². The second-order valence-electron chi connectivity index (χ2n) is 12.2. The fraction of sp³-hybridized carbons (Fsp3) is 0.963. The Morgan fingerprint density at radius 2 is 1.77 bits per heavy atom. The predicted octanol–water partition coefficient (Wildman–Crippen LogP) is 0.948. The lowest BCUT2D eigenvalue weighted by atomic mass is 9.82. The fourth-order valence-corrected chi connectivity index (χ4v) is 7.34. The molecule has 4 heterocycles. The summed E-state index contributed by atoms with van der Waals surface area (Å²) in [6.07, 6.45) is 12.3. The molecule has 0 aromatic heterocycles. The van der Waals surface area contributed by atoms with Crippen molar-refractivity contribution in [2.45, 2.75) is 102 Å². The third kappa shape index (κ3) is 6.96. The molecular weight excluding hydrogens is 438 g/mol. The van der Waals surface area contributed by atoms with Crippen LogP contribution in [0.2, 0.25) is 0 Å². The van der Waals surface area contributed by atoms with E-state index < -0.39 is 0 Å². The Balaban J connectivity index is 1.09. The van der Waals surface area contributed by atoms with Crippen molar-refractivity contribution in [3.05, 3.63) is 0 Å². The molecule has 0 aromatic carbocycles. The first kappa shape index (κ1) is 25.9. The maximum absolute atomic E-state index is 13.3. The molecule has 6 N–H and O–H groups in total. The number of carbonyl (C=O) groups is 1. The summed E-state index contributed by atoms with van der Waals surface area (Å²) in [7, 11) is 0. The monoisotopic (exact) mass is 489 g/mol. The maximum Gasteiger partial charge on any atom is 0.224 e. The van der Waals surface area contributed by atoms with Gasteiger partial charge in [-0.25, -0.2) is 0 Å². The van der Waals surface area contributed by atoms with Gasteiger partial charge in [0.15, 0.2) is 0 Å². The van der Waals surface area contributed by atoms with Gasteiger partial charge in [0.1, 0.15) is 6.29 Å². The quantitative estimate of drug-likeness (QED) is 0.331. The van der Waals surface area contributed by atoms with E-state index in [9.17, 15) is 4.79 Å². The van der Waals surface area contributed by atoms with E-state index in [0.29, 0.717) is 24.0 Å². The Morgan fingerprint density at radius 1 is 0.886 bits per heavy atom. The van der Waals surface area contributed by atoms with Gasteiger partial charge in [-0.3, -0.25) is 25.6 Å². The number of amides is 1. The molecule has 4 saturated heterocycles. The number of carbonyl (C=O) groups excluding carboxylic acids is 1. The van der Waals surface area contributed by atoms with Crippen LogP contribution in [0.15, 0.2) is 0 Å². The van der Waals surface area contributed by atoms with Crippen molar-refractivity contribution in [3.8, 4) is 0 Å². The lowest BCUT2D eigenvalue weighted by Crippen LogP contribution is -2.66. The van der Waals surface area contributed by atoms with Crippen molar-refractivity contribution in [2.75, 3.05) is 45.8 Å². The highest BCUT2D eigenvalue weighted by Gasteiger charge is 2.36.